The largest absolute Gasteiger partial charge is 0.368 e. The van der Waals surface area contributed by atoms with Crippen LogP contribution in [0.5, 0.6) is 0 Å². The van der Waals surface area contributed by atoms with E-state index in [1.165, 1.54) is 6.07 Å². The number of hydrogen-bond acceptors (Lipinski definition) is 2. The monoisotopic (exact) mass is 236 g/mol. The molecule has 1 saturated heterocycles. The van der Waals surface area contributed by atoms with Crippen LogP contribution >= 0.6 is 0 Å². The lowest BCUT2D eigenvalue weighted by atomic mass is 9.93. The molecule has 17 heavy (non-hydrogen) atoms. The predicted molar refractivity (Wildman–Crippen MR) is 69.6 cm³/mol. The molecular weight excluding hydrogens is 215 g/mol. The topological polar surface area (TPSA) is 29.3 Å². The minimum Gasteiger partial charge on any atom is -0.368 e. The Balaban J connectivity index is 2.38. The molecule has 0 amide bonds. The fraction of sp³-hybridized carbons (Fsp3) is 0.571. The summed E-state index contributed by atoms with van der Waals surface area (Å²) in [5.74, 6) is -0.155. The molecule has 0 bridgehead atoms. The van der Waals surface area contributed by atoms with Crippen molar-refractivity contribution >= 4 is 5.69 Å². The van der Waals surface area contributed by atoms with Gasteiger partial charge in [-0.3, -0.25) is 0 Å². The van der Waals surface area contributed by atoms with E-state index in [4.69, 9.17) is 5.73 Å². The van der Waals surface area contributed by atoms with Crippen LogP contribution in [-0.4, -0.2) is 13.1 Å². The summed E-state index contributed by atoms with van der Waals surface area (Å²) in [4.78, 5) is 2.13. The van der Waals surface area contributed by atoms with Crippen LogP contribution in [0, 0.1) is 11.2 Å². The Bertz CT molecular complexity index is 413. The molecule has 2 nitrogen and oxygen atoms in total. The first-order valence-electron chi connectivity index (χ1n) is 6.20. The Hall–Kier alpha value is -1.09. The number of anilines is 1. The number of hydrogen-bond donors (Lipinski definition) is 1. The van der Waals surface area contributed by atoms with Crippen LogP contribution in [0.4, 0.5) is 10.1 Å². The lowest BCUT2D eigenvalue weighted by Crippen LogP contribution is -2.26. The molecule has 1 aromatic rings. The number of para-hydroxylation sites is 1. The van der Waals surface area contributed by atoms with E-state index < -0.39 is 0 Å². The van der Waals surface area contributed by atoms with Crippen molar-refractivity contribution in [2.45, 2.75) is 33.2 Å². The van der Waals surface area contributed by atoms with Gasteiger partial charge in [0.1, 0.15) is 5.82 Å². The molecule has 1 aromatic carbocycles. The van der Waals surface area contributed by atoms with E-state index in [-0.39, 0.29) is 17.3 Å². The van der Waals surface area contributed by atoms with Crippen LogP contribution in [0.15, 0.2) is 18.2 Å². The molecule has 0 aromatic heterocycles. The summed E-state index contributed by atoms with van der Waals surface area (Å²) in [6, 6.07) is 5.05. The summed E-state index contributed by atoms with van der Waals surface area (Å²) < 4.78 is 14.0. The van der Waals surface area contributed by atoms with Crippen molar-refractivity contribution in [2.24, 2.45) is 11.1 Å². The molecule has 1 atom stereocenters. The van der Waals surface area contributed by atoms with Gasteiger partial charge in [-0.05, 0) is 30.4 Å². The van der Waals surface area contributed by atoms with Crippen molar-refractivity contribution in [1.82, 2.24) is 0 Å². The third-order valence-electron chi connectivity index (χ3n) is 3.50. The van der Waals surface area contributed by atoms with Crippen LogP contribution in [0.2, 0.25) is 0 Å². The fourth-order valence-corrected chi connectivity index (χ4v) is 2.54. The molecule has 2 N–H and O–H groups in total. The second-order valence-corrected chi connectivity index (χ2v) is 5.80. The lowest BCUT2D eigenvalue weighted by molar-refractivity contribution is 0.418. The molecule has 1 heterocycles. The normalized spacial score (nSPS) is 20.6. The van der Waals surface area contributed by atoms with Gasteiger partial charge in [-0.25, -0.2) is 4.39 Å². The zero-order chi connectivity index (χ0) is 12.6. The zero-order valence-electron chi connectivity index (χ0n) is 10.8. The van der Waals surface area contributed by atoms with E-state index in [0.717, 1.165) is 25.1 Å². The van der Waals surface area contributed by atoms with E-state index in [1.54, 1.807) is 6.07 Å². The third kappa shape index (κ3) is 2.44. The van der Waals surface area contributed by atoms with Crippen molar-refractivity contribution in [3.63, 3.8) is 0 Å². The highest BCUT2D eigenvalue weighted by Gasteiger charge is 2.31. The van der Waals surface area contributed by atoms with Crippen molar-refractivity contribution < 1.29 is 4.39 Å². The first kappa shape index (κ1) is 12.4. The number of benzene rings is 1. The van der Waals surface area contributed by atoms with Crippen molar-refractivity contribution in [1.29, 1.82) is 0 Å². The maximum atomic E-state index is 14.0. The van der Waals surface area contributed by atoms with Crippen LogP contribution in [0.3, 0.4) is 0 Å². The highest BCUT2D eigenvalue weighted by Crippen LogP contribution is 2.36. The molecule has 1 fully saturated rings. The van der Waals surface area contributed by atoms with Crippen molar-refractivity contribution in [3.8, 4) is 0 Å². The molecule has 1 aliphatic heterocycles. The maximum Gasteiger partial charge on any atom is 0.146 e. The highest BCUT2D eigenvalue weighted by molar-refractivity contribution is 5.57. The molecule has 94 valence electrons. The van der Waals surface area contributed by atoms with Gasteiger partial charge in [0.25, 0.3) is 0 Å². The van der Waals surface area contributed by atoms with Crippen LogP contribution in [0.1, 0.15) is 38.8 Å². The molecule has 0 radical (unpaired) electrons. The Kier molecular flexibility index (Phi) is 3.13. The molecule has 1 aliphatic rings. The van der Waals surface area contributed by atoms with Gasteiger partial charge in [0.15, 0.2) is 0 Å². The van der Waals surface area contributed by atoms with Crippen LogP contribution in [-0.2, 0) is 0 Å². The summed E-state index contributed by atoms with van der Waals surface area (Å²) >= 11 is 0. The predicted octanol–water partition coefficient (Wildman–Crippen LogP) is 3.08. The Morgan fingerprint density at radius 3 is 2.65 bits per heavy atom. The second kappa shape index (κ2) is 4.30. The van der Waals surface area contributed by atoms with Crippen molar-refractivity contribution in [3.05, 3.63) is 29.6 Å². The first-order chi connectivity index (χ1) is 7.91. The number of halogens is 1. The lowest BCUT2D eigenvalue weighted by Gasteiger charge is -2.25. The summed E-state index contributed by atoms with van der Waals surface area (Å²) in [6.07, 6.45) is 1.10. The van der Waals surface area contributed by atoms with Crippen LogP contribution < -0.4 is 10.6 Å². The summed E-state index contributed by atoms with van der Waals surface area (Å²) in [5, 5.41) is 0. The van der Waals surface area contributed by atoms with E-state index in [0.29, 0.717) is 5.69 Å². The highest BCUT2D eigenvalue weighted by atomic mass is 19.1. The fourth-order valence-electron chi connectivity index (χ4n) is 2.54. The molecule has 0 spiro atoms. The minimum atomic E-state index is -0.155. The molecule has 2 rings (SSSR count). The standard InChI is InChI=1S/C14H21FN2/c1-10(16)11-5-4-6-12(15)13(11)17-8-7-14(2,3)9-17/h4-6,10H,7-9,16H2,1-3H3/t10-/m1/s1. The van der Waals surface area contributed by atoms with Gasteiger partial charge >= 0.3 is 0 Å². The molecule has 0 aliphatic carbocycles. The maximum absolute atomic E-state index is 14.0. The average Bonchev–Trinajstić information content (AvgIpc) is 2.58. The smallest absolute Gasteiger partial charge is 0.146 e. The van der Waals surface area contributed by atoms with Gasteiger partial charge in [-0.15, -0.1) is 0 Å². The number of nitrogens with zero attached hydrogens (tertiary/aromatic N) is 1. The Morgan fingerprint density at radius 1 is 1.41 bits per heavy atom. The van der Waals surface area contributed by atoms with Gasteiger partial charge < -0.3 is 10.6 Å². The molecule has 3 heteroatoms. The van der Waals surface area contributed by atoms with E-state index in [9.17, 15) is 4.39 Å². The second-order valence-electron chi connectivity index (χ2n) is 5.80. The van der Waals surface area contributed by atoms with Gasteiger partial charge in [0, 0.05) is 19.1 Å². The quantitative estimate of drug-likeness (QED) is 0.855. The molecule has 0 unspecified atom stereocenters. The first-order valence-corrected chi connectivity index (χ1v) is 6.20. The van der Waals surface area contributed by atoms with E-state index in [1.807, 2.05) is 13.0 Å². The minimum absolute atomic E-state index is 0.135. The van der Waals surface area contributed by atoms with Crippen molar-refractivity contribution in [2.75, 3.05) is 18.0 Å². The average molecular weight is 236 g/mol. The Morgan fingerprint density at radius 2 is 2.12 bits per heavy atom. The van der Waals surface area contributed by atoms with Gasteiger partial charge in [0.05, 0.1) is 5.69 Å². The Labute approximate surface area is 103 Å². The van der Waals surface area contributed by atoms with Gasteiger partial charge in [-0.2, -0.15) is 0 Å². The summed E-state index contributed by atoms with van der Waals surface area (Å²) in [6.45, 7) is 8.15. The number of nitrogens with two attached hydrogens (primary N) is 1. The van der Waals surface area contributed by atoms with Gasteiger partial charge in [0.2, 0.25) is 0 Å². The van der Waals surface area contributed by atoms with E-state index in [2.05, 4.69) is 18.7 Å². The number of rotatable bonds is 2. The van der Waals surface area contributed by atoms with Crippen LogP contribution in [0.25, 0.3) is 0 Å². The molecule has 0 saturated carbocycles. The summed E-state index contributed by atoms with van der Waals surface area (Å²) in [7, 11) is 0. The van der Waals surface area contributed by atoms with E-state index >= 15 is 0 Å². The molecular formula is C14H21FN2. The SMILES string of the molecule is C[C@@H](N)c1cccc(F)c1N1CCC(C)(C)C1. The summed E-state index contributed by atoms with van der Waals surface area (Å²) in [5.41, 5.74) is 7.79. The zero-order valence-corrected chi connectivity index (χ0v) is 10.8. The van der Waals surface area contributed by atoms with Gasteiger partial charge in [-0.1, -0.05) is 26.0 Å². The third-order valence-corrected chi connectivity index (χ3v) is 3.50.